The van der Waals surface area contributed by atoms with Crippen LogP contribution in [0.15, 0.2) is 36.5 Å². The summed E-state index contributed by atoms with van der Waals surface area (Å²) in [5.41, 5.74) is 3.43. The van der Waals surface area contributed by atoms with Gasteiger partial charge in [-0.25, -0.2) is 18.1 Å². The van der Waals surface area contributed by atoms with Crippen LogP contribution in [0.1, 0.15) is 53.5 Å². The molecule has 3 rings (SSSR count). The molecule has 1 amide bonds. The molecule has 0 fully saturated rings. The summed E-state index contributed by atoms with van der Waals surface area (Å²) in [5.74, 6) is -0.727. The fourth-order valence-electron chi connectivity index (χ4n) is 3.20. The van der Waals surface area contributed by atoms with E-state index in [0.717, 1.165) is 29.8 Å². The Bertz CT molecular complexity index is 1190. The van der Waals surface area contributed by atoms with Crippen molar-refractivity contribution in [2.75, 3.05) is 5.75 Å². The smallest absolute Gasteiger partial charge is 0.266 e. The van der Waals surface area contributed by atoms with Crippen LogP contribution in [0.4, 0.5) is 0 Å². The van der Waals surface area contributed by atoms with Crippen molar-refractivity contribution in [3.8, 4) is 0 Å². The maximum Gasteiger partial charge on any atom is 0.266 e. The molecule has 3 aromatic rings. The van der Waals surface area contributed by atoms with E-state index in [9.17, 15) is 13.2 Å². The van der Waals surface area contributed by atoms with Crippen LogP contribution in [-0.4, -0.2) is 29.5 Å². The van der Waals surface area contributed by atoms with Gasteiger partial charge < -0.3 is 4.40 Å². The molecule has 160 valence electrons. The van der Waals surface area contributed by atoms with Crippen LogP contribution in [0.3, 0.4) is 0 Å². The Morgan fingerprint density at radius 2 is 1.93 bits per heavy atom. The number of sulfonamides is 1. The zero-order valence-corrected chi connectivity index (χ0v) is 19.1. The molecule has 0 spiro atoms. The Morgan fingerprint density at radius 1 is 1.17 bits per heavy atom. The molecule has 0 aliphatic carbocycles. The lowest BCUT2D eigenvalue weighted by Gasteiger charge is -2.09. The molecule has 0 saturated heterocycles. The number of amides is 1. The van der Waals surface area contributed by atoms with Crippen LogP contribution in [0.2, 0.25) is 10.0 Å². The second kappa shape index (κ2) is 9.37. The first kappa shape index (κ1) is 22.6. The van der Waals surface area contributed by atoms with Gasteiger partial charge in [-0.2, -0.15) is 0 Å². The number of benzene rings is 1. The molecule has 0 radical (unpaired) electrons. The van der Waals surface area contributed by atoms with Crippen molar-refractivity contribution in [1.82, 2.24) is 14.1 Å². The quantitative estimate of drug-likeness (QED) is 0.482. The number of rotatable bonds is 8. The SMILES string of the molecule is CCCCCS(=O)(=O)NC(=O)c1ccc2nc(C)c(Cc3ccc(Cl)cc3Cl)n2c1. The number of carbonyl (C=O) groups excluding carboxylic acids is 1. The number of fused-ring (bicyclic) bond motifs is 1. The lowest BCUT2D eigenvalue weighted by Crippen LogP contribution is -2.32. The molecule has 1 N–H and O–H groups in total. The van der Waals surface area contributed by atoms with E-state index in [0.29, 0.717) is 28.5 Å². The van der Waals surface area contributed by atoms with Gasteiger partial charge in [-0.1, -0.05) is 49.0 Å². The largest absolute Gasteiger partial charge is 0.303 e. The van der Waals surface area contributed by atoms with Crippen molar-refractivity contribution in [3.05, 3.63) is 69.1 Å². The van der Waals surface area contributed by atoms with Crippen LogP contribution in [0, 0.1) is 6.92 Å². The Labute approximate surface area is 186 Å². The maximum absolute atomic E-state index is 12.5. The Balaban J connectivity index is 1.88. The zero-order chi connectivity index (χ0) is 21.9. The second-order valence-corrected chi connectivity index (χ2v) is 9.85. The van der Waals surface area contributed by atoms with Gasteiger partial charge in [-0.3, -0.25) is 4.79 Å². The predicted octanol–water partition coefficient (Wildman–Crippen LogP) is 4.79. The van der Waals surface area contributed by atoms with E-state index in [1.807, 2.05) is 19.9 Å². The van der Waals surface area contributed by atoms with Crippen LogP contribution in [0.5, 0.6) is 0 Å². The number of nitrogens with zero attached hydrogens (tertiary/aromatic N) is 2. The molecular formula is C21H23Cl2N3O3S. The van der Waals surface area contributed by atoms with Gasteiger partial charge in [0.05, 0.1) is 17.0 Å². The molecular weight excluding hydrogens is 445 g/mol. The molecule has 2 aromatic heterocycles. The van der Waals surface area contributed by atoms with Gasteiger partial charge in [-0.05, 0) is 43.2 Å². The van der Waals surface area contributed by atoms with Gasteiger partial charge in [0.15, 0.2) is 0 Å². The summed E-state index contributed by atoms with van der Waals surface area (Å²) in [6.45, 7) is 3.87. The highest BCUT2D eigenvalue weighted by Crippen LogP contribution is 2.25. The number of hydrogen-bond acceptors (Lipinski definition) is 4. The van der Waals surface area contributed by atoms with E-state index >= 15 is 0 Å². The normalized spacial score (nSPS) is 11.7. The molecule has 30 heavy (non-hydrogen) atoms. The van der Waals surface area contributed by atoms with Crippen molar-refractivity contribution in [1.29, 1.82) is 0 Å². The number of hydrogen-bond donors (Lipinski definition) is 1. The molecule has 0 aliphatic heterocycles. The molecule has 0 aliphatic rings. The minimum absolute atomic E-state index is 0.0701. The Kier molecular flexibility index (Phi) is 7.06. The van der Waals surface area contributed by atoms with Gasteiger partial charge in [0.1, 0.15) is 5.65 Å². The summed E-state index contributed by atoms with van der Waals surface area (Å²) < 4.78 is 28.2. The number of unbranched alkanes of at least 4 members (excludes halogenated alkanes) is 2. The number of imidazole rings is 1. The van der Waals surface area contributed by atoms with Crippen molar-refractivity contribution < 1.29 is 13.2 Å². The monoisotopic (exact) mass is 467 g/mol. The summed E-state index contributed by atoms with van der Waals surface area (Å²) in [7, 11) is -3.67. The first-order chi connectivity index (χ1) is 14.2. The first-order valence-corrected chi connectivity index (χ1v) is 12.1. The molecule has 0 atom stereocenters. The van der Waals surface area contributed by atoms with Crippen LogP contribution < -0.4 is 4.72 Å². The van der Waals surface area contributed by atoms with Gasteiger partial charge in [-0.15, -0.1) is 0 Å². The van der Waals surface area contributed by atoms with Crippen LogP contribution >= 0.6 is 23.2 Å². The summed E-state index contributed by atoms with van der Waals surface area (Å²) in [5, 5.41) is 1.10. The van der Waals surface area contributed by atoms with E-state index in [2.05, 4.69) is 9.71 Å². The van der Waals surface area contributed by atoms with Gasteiger partial charge in [0.2, 0.25) is 10.0 Å². The second-order valence-electron chi connectivity index (χ2n) is 7.16. The molecule has 2 heterocycles. The van der Waals surface area contributed by atoms with E-state index in [1.165, 1.54) is 0 Å². The fourth-order valence-corrected chi connectivity index (χ4v) is 4.76. The summed E-state index contributed by atoms with van der Waals surface area (Å²) in [6.07, 6.45) is 4.31. The summed E-state index contributed by atoms with van der Waals surface area (Å²) >= 11 is 12.3. The number of pyridine rings is 1. The minimum Gasteiger partial charge on any atom is -0.303 e. The third-order valence-corrected chi connectivity index (χ3v) is 6.73. The van der Waals surface area contributed by atoms with Crippen molar-refractivity contribution >= 4 is 44.8 Å². The van der Waals surface area contributed by atoms with Crippen LogP contribution in [-0.2, 0) is 16.4 Å². The van der Waals surface area contributed by atoms with Gasteiger partial charge in [0.25, 0.3) is 5.91 Å². The highest BCUT2D eigenvalue weighted by Gasteiger charge is 2.18. The van der Waals surface area contributed by atoms with Gasteiger partial charge >= 0.3 is 0 Å². The predicted molar refractivity (Wildman–Crippen MR) is 120 cm³/mol. The van der Waals surface area contributed by atoms with Crippen molar-refractivity contribution in [2.45, 2.75) is 39.5 Å². The standard InChI is InChI=1S/C21H23Cl2N3O3S/c1-3-4-5-10-30(28,29)25-21(27)16-7-9-20-24-14(2)19(26(20)13-16)11-15-6-8-17(22)12-18(15)23/h6-9,12-13H,3-5,10-11H2,1-2H3,(H,25,27). The number of aromatic nitrogens is 2. The minimum atomic E-state index is -3.67. The van der Waals surface area contributed by atoms with E-state index < -0.39 is 15.9 Å². The van der Waals surface area contributed by atoms with Crippen molar-refractivity contribution in [3.63, 3.8) is 0 Å². The van der Waals surface area contributed by atoms with E-state index in [1.54, 1.807) is 34.9 Å². The van der Waals surface area contributed by atoms with Crippen LogP contribution in [0.25, 0.3) is 5.65 Å². The Morgan fingerprint density at radius 3 is 2.63 bits per heavy atom. The highest BCUT2D eigenvalue weighted by molar-refractivity contribution is 7.90. The third-order valence-electron chi connectivity index (χ3n) is 4.82. The molecule has 6 nitrogen and oxygen atoms in total. The summed E-state index contributed by atoms with van der Waals surface area (Å²) in [6, 6.07) is 8.56. The number of aryl methyl sites for hydroxylation is 1. The van der Waals surface area contributed by atoms with Gasteiger partial charge in [0, 0.05) is 28.4 Å². The fraction of sp³-hybridized carbons (Fsp3) is 0.333. The Hall–Kier alpha value is -2.09. The highest BCUT2D eigenvalue weighted by atomic mass is 35.5. The van der Waals surface area contributed by atoms with E-state index in [-0.39, 0.29) is 11.3 Å². The number of nitrogens with one attached hydrogen (secondary N) is 1. The van der Waals surface area contributed by atoms with Crippen molar-refractivity contribution in [2.24, 2.45) is 0 Å². The summed E-state index contributed by atoms with van der Waals surface area (Å²) in [4.78, 5) is 17.1. The average molecular weight is 468 g/mol. The molecule has 0 saturated carbocycles. The molecule has 0 unspecified atom stereocenters. The maximum atomic E-state index is 12.5. The molecule has 1 aromatic carbocycles. The number of carbonyl (C=O) groups is 1. The topological polar surface area (TPSA) is 80.5 Å². The average Bonchev–Trinajstić information content (AvgIpc) is 2.98. The lowest BCUT2D eigenvalue weighted by atomic mass is 10.1. The third kappa shape index (κ3) is 5.33. The zero-order valence-electron chi connectivity index (χ0n) is 16.8. The lowest BCUT2D eigenvalue weighted by molar-refractivity contribution is 0.0981. The molecule has 9 heteroatoms. The van der Waals surface area contributed by atoms with E-state index in [4.69, 9.17) is 23.2 Å². The number of halogens is 2. The first-order valence-electron chi connectivity index (χ1n) is 9.66. The molecule has 0 bridgehead atoms.